The maximum absolute atomic E-state index is 6.05. The van der Waals surface area contributed by atoms with Crippen LogP contribution in [-0.2, 0) is 0 Å². The van der Waals surface area contributed by atoms with Gasteiger partial charge in [0.2, 0.25) is 0 Å². The molecule has 0 saturated heterocycles. The van der Waals surface area contributed by atoms with Crippen LogP contribution in [0.2, 0.25) is 5.02 Å². The molecule has 2 heterocycles. The van der Waals surface area contributed by atoms with E-state index in [2.05, 4.69) is 46.4 Å². The van der Waals surface area contributed by atoms with E-state index in [0.29, 0.717) is 0 Å². The van der Waals surface area contributed by atoms with Crippen molar-refractivity contribution in [1.82, 2.24) is 5.32 Å². The molecule has 0 spiro atoms. The van der Waals surface area contributed by atoms with Crippen molar-refractivity contribution in [3.05, 3.63) is 55.8 Å². The van der Waals surface area contributed by atoms with Crippen molar-refractivity contribution in [1.29, 1.82) is 0 Å². The van der Waals surface area contributed by atoms with Gasteiger partial charge in [0, 0.05) is 15.3 Å². The van der Waals surface area contributed by atoms with Crippen LogP contribution in [0.5, 0.6) is 0 Å². The highest BCUT2D eigenvalue weighted by Gasteiger charge is 2.19. The molecule has 0 bridgehead atoms. The Morgan fingerprint density at radius 1 is 1.29 bits per heavy atom. The second-order valence-corrected chi connectivity index (χ2v) is 7.79. The zero-order valence-corrected chi connectivity index (χ0v) is 14.7. The summed E-state index contributed by atoms with van der Waals surface area (Å²) in [6.07, 6.45) is 1.08. The summed E-state index contributed by atoms with van der Waals surface area (Å²) in [5, 5.41) is 5.32. The van der Waals surface area contributed by atoms with E-state index in [4.69, 9.17) is 16.0 Å². The molecule has 110 valence electrons. The molecule has 2 nitrogen and oxygen atoms in total. The third kappa shape index (κ3) is 3.34. The maximum Gasteiger partial charge on any atom is 0.134 e. The molecule has 5 heteroatoms. The predicted octanol–water partition coefficient (Wildman–Crippen LogP) is 6.00. The molecule has 1 aromatic carbocycles. The van der Waals surface area contributed by atoms with Gasteiger partial charge in [-0.2, -0.15) is 0 Å². The maximum atomic E-state index is 6.05. The third-order valence-electron chi connectivity index (χ3n) is 3.26. The molecule has 0 saturated carbocycles. The quantitative estimate of drug-likeness (QED) is 0.583. The van der Waals surface area contributed by atoms with E-state index in [1.807, 2.05) is 18.2 Å². The van der Waals surface area contributed by atoms with Crippen molar-refractivity contribution in [2.24, 2.45) is 0 Å². The Hall–Kier alpha value is -0.810. The van der Waals surface area contributed by atoms with E-state index in [1.165, 1.54) is 4.88 Å². The summed E-state index contributed by atoms with van der Waals surface area (Å²) in [5.74, 6) is 0.926. The Labute approximate surface area is 141 Å². The van der Waals surface area contributed by atoms with E-state index in [-0.39, 0.29) is 6.04 Å². The van der Waals surface area contributed by atoms with Crippen molar-refractivity contribution in [2.45, 2.75) is 19.4 Å². The highest BCUT2D eigenvalue weighted by atomic mass is 79.9. The molecule has 2 aromatic heterocycles. The zero-order chi connectivity index (χ0) is 14.8. The van der Waals surface area contributed by atoms with Gasteiger partial charge in [-0.25, -0.2) is 0 Å². The van der Waals surface area contributed by atoms with Crippen molar-refractivity contribution >= 4 is 49.8 Å². The molecule has 0 aliphatic rings. The fourth-order valence-electron chi connectivity index (χ4n) is 2.29. The smallest absolute Gasteiger partial charge is 0.134 e. The van der Waals surface area contributed by atoms with Crippen LogP contribution < -0.4 is 5.32 Å². The van der Waals surface area contributed by atoms with E-state index in [9.17, 15) is 0 Å². The lowest BCUT2D eigenvalue weighted by molar-refractivity contribution is 0.473. The van der Waals surface area contributed by atoms with Crippen LogP contribution in [0.4, 0.5) is 0 Å². The first-order valence-corrected chi connectivity index (χ1v) is 8.83. The Morgan fingerprint density at radius 2 is 2.14 bits per heavy atom. The van der Waals surface area contributed by atoms with Gasteiger partial charge in [0.25, 0.3) is 0 Å². The first-order chi connectivity index (χ1) is 10.2. The van der Waals surface area contributed by atoms with Gasteiger partial charge in [-0.3, -0.25) is 0 Å². The molecular formula is C16H15BrClNOS. The van der Waals surface area contributed by atoms with Crippen LogP contribution in [0, 0.1) is 0 Å². The van der Waals surface area contributed by atoms with Crippen LogP contribution in [0.3, 0.4) is 0 Å². The minimum Gasteiger partial charge on any atom is -0.459 e. The zero-order valence-electron chi connectivity index (χ0n) is 11.5. The number of furan rings is 1. The molecule has 0 aliphatic heterocycles. The molecule has 3 aromatic rings. The monoisotopic (exact) mass is 383 g/mol. The molecule has 3 rings (SSSR count). The van der Waals surface area contributed by atoms with Gasteiger partial charge >= 0.3 is 0 Å². The second-order valence-electron chi connectivity index (χ2n) is 4.86. The lowest BCUT2D eigenvalue weighted by Crippen LogP contribution is -2.21. The second kappa shape index (κ2) is 6.53. The standard InChI is InChI=1S/C16H15BrClNOS/c1-2-7-19-16(14-5-6-15(17)21-14)13-9-10-8-11(18)3-4-12(10)20-13/h3-6,8-9,16,19H,2,7H2,1H3. The van der Waals surface area contributed by atoms with Crippen LogP contribution in [0.25, 0.3) is 11.0 Å². The van der Waals surface area contributed by atoms with Gasteiger partial charge in [-0.1, -0.05) is 18.5 Å². The molecule has 21 heavy (non-hydrogen) atoms. The number of hydrogen-bond donors (Lipinski definition) is 1. The minimum absolute atomic E-state index is 0.0763. The Balaban J connectivity index is 2.00. The molecule has 0 fully saturated rings. The average Bonchev–Trinajstić information content (AvgIpc) is 3.05. The van der Waals surface area contributed by atoms with Crippen molar-refractivity contribution in [3.63, 3.8) is 0 Å². The molecule has 1 N–H and O–H groups in total. The summed E-state index contributed by atoms with van der Waals surface area (Å²) in [4.78, 5) is 1.24. The van der Waals surface area contributed by atoms with Crippen molar-refractivity contribution < 1.29 is 4.42 Å². The number of benzene rings is 1. The molecule has 0 aliphatic carbocycles. The summed E-state index contributed by atoms with van der Waals surface area (Å²) in [6.45, 7) is 3.10. The largest absolute Gasteiger partial charge is 0.459 e. The topological polar surface area (TPSA) is 25.2 Å². The highest BCUT2D eigenvalue weighted by molar-refractivity contribution is 9.11. The third-order valence-corrected chi connectivity index (χ3v) is 5.18. The van der Waals surface area contributed by atoms with Gasteiger partial charge in [-0.15, -0.1) is 11.3 Å². The van der Waals surface area contributed by atoms with Gasteiger partial charge in [0.1, 0.15) is 17.4 Å². The molecule has 1 unspecified atom stereocenters. The summed E-state index contributed by atoms with van der Waals surface area (Å²) in [5.41, 5.74) is 0.869. The van der Waals surface area contributed by atoms with Gasteiger partial charge in [-0.05, 0) is 65.3 Å². The van der Waals surface area contributed by atoms with Gasteiger partial charge in [0.15, 0.2) is 0 Å². The summed E-state index contributed by atoms with van der Waals surface area (Å²) in [7, 11) is 0. The average molecular weight is 385 g/mol. The van der Waals surface area contributed by atoms with E-state index in [1.54, 1.807) is 11.3 Å². The fourth-order valence-corrected chi connectivity index (χ4v) is 3.98. The van der Waals surface area contributed by atoms with Crippen LogP contribution >= 0.6 is 38.9 Å². The fraction of sp³-hybridized carbons (Fsp3) is 0.250. The number of hydrogen-bond acceptors (Lipinski definition) is 3. The highest BCUT2D eigenvalue weighted by Crippen LogP contribution is 2.34. The number of halogens is 2. The number of thiophene rings is 1. The molecule has 0 amide bonds. The first kappa shape index (κ1) is 15.1. The Bertz CT molecular complexity index is 752. The van der Waals surface area contributed by atoms with E-state index < -0.39 is 0 Å². The van der Waals surface area contributed by atoms with Crippen LogP contribution in [-0.4, -0.2) is 6.54 Å². The van der Waals surface area contributed by atoms with Crippen LogP contribution in [0.1, 0.15) is 30.0 Å². The predicted molar refractivity (Wildman–Crippen MR) is 93.4 cm³/mol. The van der Waals surface area contributed by atoms with Crippen LogP contribution in [0.15, 0.2) is 44.6 Å². The molecule has 1 atom stereocenters. The Kier molecular flexibility index (Phi) is 4.69. The van der Waals surface area contributed by atoms with E-state index >= 15 is 0 Å². The van der Waals surface area contributed by atoms with Crippen molar-refractivity contribution in [2.75, 3.05) is 6.54 Å². The summed E-state index contributed by atoms with van der Waals surface area (Å²) < 4.78 is 7.14. The normalized spacial score (nSPS) is 12.9. The Morgan fingerprint density at radius 3 is 2.86 bits per heavy atom. The SMILES string of the molecule is CCCNC(c1cc2cc(Cl)ccc2o1)c1ccc(Br)s1. The molecule has 0 radical (unpaired) electrons. The lowest BCUT2D eigenvalue weighted by Gasteiger charge is -2.14. The van der Waals surface area contributed by atoms with E-state index in [0.717, 1.165) is 38.5 Å². The van der Waals surface area contributed by atoms with Gasteiger partial charge in [0.05, 0.1) is 3.79 Å². The summed E-state index contributed by atoms with van der Waals surface area (Å²) >= 11 is 11.3. The minimum atomic E-state index is 0.0763. The lowest BCUT2D eigenvalue weighted by atomic mass is 10.1. The summed E-state index contributed by atoms with van der Waals surface area (Å²) in [6, 6.07) is 12.1. The number of fused-ring (bicyclic) bond motifs is 1. The number of rotatable bonds is 5. The van der Waals surface area contributed by atoms with Crippen molar-refractivity contribution in [3.8, 4) is 0 Å². The van der Waals surface area contributed by atoms with Gasteiger partial charge < -0.3 is 9.73 Å². The molecular weight excluding hydrogens is 370 g/mol. The first-order valence-electron chi connectivity index (χ1n) is 6.85. The number of nitrogens with one attached hydrogen (secondary N) is 1.